The molecule has 0 aromatic rings. The number of likely N-dealkylation sites (tertiary alicyclic amines) is 1. The number of hydrogen-bond donors (Lipinski definition) is 2. The molecule has 7 nitrogen and oxygen atoms in total. The van der Waals surface area contributed by atoms with Crippen molar-refractivity contribution in [1.29, 1.82) is 0 Å². The smallest absolute Gasteiger partial charge is 0.309 e. The SMILES string of the molecule is O=C(O)C1CCN(C(=O)C2CCCO2)CC1C(=O)O. The van der Waals surface area contributed by atoms with Crippen LogP contribution in [-0.2, 0) is 19.1 Å². The van der Waals surface area contributed by atoms with Crippen LogP contribution in [0.15, 0.2) is 0 Å². The molecule has 2 fully saturated rings. The van der Waals surface area contributed by atoms with Crippen LogP contribution >= 0.6 is 0 Å². The van der Waals surface area contributed by atoms with Gasteiger partial charge < -0.3 is 19.8 Å². The number of rotatable bonds is 3. The fourth-order valence-electron chi connectivity index (χ4n) is 2.67. The molecule has 0 spiro atoms. The highest BCUT2D eigenvalue weighted by Crippen LogP contribution is 2.26. The highest BCUT2D eigenvalue weighted by Gasteiger charge is 2.41. The van der Waals surface area contributed by atoms with E-state index < -0.39 is 29.9 Å². The van der Waals surface area contributed by atoms with Gasteiger partial charge in [0.1, 0.15) is 6.10 Å². The Hall–Kier alpha value is -1.63. The number of carboxylic acid groups (broad SMARTS) is 2. The minimum Gasteiger partial charge on any atom is -0.481 e. The van der Waals surface area contributed by atoms with Crippen molar-refractivity contribution < 1.29 is 29.3 Å². The number of hydrogen-bond acceptors (Lipinski definition) is 4. The molecule has 2 saturated heterocycles. The molecule has 0 radical (unpaired) electrons. The summed E-state index contributed by atoms with van der Waals surface area (Å²) >= 11 is 0. The molecule has 2 N–H and O–H groups in total. The summed E-state index contributed by atoms with van der Waals surface area (Å²) in [6.45, 7) is 0.773. The standard InChI is InChI=1S/C12H17NO6/c14-10(9-2-1-5-19-9)13-4-3-7(11(15)16)8(6-13)12(17)18/h7-9H,1-6H2,(H,15,16)(H,17,18). The highest BCUT2D eigenvalue weighted by atomic mass is 16.5. The van der Waals surface area contributed by atoms with E-state index in [0.717, 1.165) is 6.42 Å². The number of ether oxygens (including phenoxy) is 1. The summed E-state index contributed by atoms with van der Waals surface area (Å²) in [4.78, 5) is 35.7. The van der Waals surface area contributed by atoms with Gasteiger partial charge in [-0.15, -0.1) is 0 Å². The van der Waals surface area contributed by atoms with E-state index in [1.807, 2.05) is 0 Å². The predicted molar refractivity (Wildman–Crippen MR) is 62.4 cm³/mol. The van der Waals surface area contributed by atoms with Gasteiger partial charge in [-0.25, -0.2) is 0 Å². The number of nitrogens with zero attached hydrogens (tertiary/aromatic N) is 1. The van der Waals surface area contributed by atoms with Crippen LogP contribution in [0.5, 0.6) is 0 Å². The molecule has 2 rings (SSSR count). The largest absolute Gasteiger partial charge is 0.481 e. The van der Waals surface area contributed by atoms with Crippen LogP contribution < -0.4 is 0 Å². The van der Waals surface area contributed by atoms with Crippen molar-refractivity contribution in [3.05, 3.63) is 0 Å². The third-order valence-corrected chi connectivity index (χ3v) is 3.76. The average molecular weight is 271 g/mol. The number of aliphatic carboxylic acids is 2. The maximum atomic E-state index is 12.1. The molecule has 0 aromatic heterocycles. The molecule has 0 saturated carbocycles. The quantitative estimate of drug-likeness (QED) is 0.736. The zero-order valence-electron chi connectivity index (χ0n) is 10.4. The summed E-state index contributed by atoms with van der Waals surface area (Å²) < 4.78 is 5.28. The van der Waals surface area contributed by atoms with Crippen LogP contribution in [0.3, 0.4) is 0 Å². The lowest BCUT2D eigenvalue weighted by Gasteiger charge is -2.35. The monoisotopic (exact) mass is 271 g/mol. The van der Waals surface area contributed by atoms with Crippen LogP contribution in [0, 0.1) is 11.8 Å². The van der Waals surface area contributed by atoms with Gasteiger partial charge in [-0.05, 0) is 19.3 Å². The normalized spacial score (nSPS) is 31.2. The van der Waals surface area contributed by atoms with Crippen molar-refractivity contribution in [2.45, 2.75) is 25.4 Å². The van der Waals surface area contributed by atoms with E-state index in [1.165, 1.54) is 4.90 Å². The summed E-state index contributed by atoms with van der Waals surface area (Å²) in [5.41, 5.74) is 0. The molecule has 3 atom stereocenters. The fraction of sp³-hybridized carbons (Fsp3) is 0.750. The van der Waals surface area contributed by atoms with E-state index in [1.54, 1.807) is 0 Å². The van der Waals surface area contributed by atoms with Gasteiger partial charge in [0, 0.05) is 19.7 Å². The molecule has 3 unspecified atom stereocenters. The van der Waals surface area contributed by atoms with E-state index in [9.17, 15) is 14.4 Å². The molecular weight excluding hydrogens is 254 g/mol. The van der Waals surface area contributed by atoms with E-state index >= 15 is 0 Å². The Labute approximate surface area is 110 Å². The third-order valence-electron chi connectivity index (χ3n) is 3.76. The zero-order valence-corrected chi connectivity index (χ0v) is 10.4. The lowest BCUT2D eigenvalue weighted by molar-refractivity contribution is -0.160. The number of carbonyl (C=O) groups excluding carboxylic acids is 1. The Morgan fingerprint density at radius 1 is 1.05 bits per heavy atom. The summed E-state index contributed by atoms with van der Waals surface area (Å²) in [5.74, 6) is -4.47. The number of carbonyl (C=O) groups is 3. The van der Waals surface area contributed by atoms with Gasteiger partial charge in [-0.2, -0.15) is 0 Å². The van der Waals surface area contributed by atoms with Gasteiger partial charge in [0.25, 0.3) is 5.91 Å². The van der Waals surface area contributed by atoms with Gasteiger partial charge >= 0.3 is 11.9 Å². The summed E-state index contributed by atoms with van der Waals surface area (Å²) in [7, 11) is 0. The van der Waals surface area contributed by atoms with Crippen molar-refractivity contribution >= 4 is 17.8 Å². The van der Waals surface area contributed by atoms with Crippen molar-refractivity contribution in [3.63, 3.8) is 0 Å². The second kappa shape index (κ2) is 5.56. The van der Waals surface area contributed by atoms with E-state index in [4.69, 9.17) is 14.9 Å². The summed E-state index contributed by atoms with van der Waals surface area (Å²) in [5, 5.41) is 18.1. The first kappa shape index (κ1) is 13.8. The van der Waals surface area contributed by atoms with Crippen molar-refractivity contribution in [1.82, 2.24) is 4.90 Å². The topological polar surface area (TPSA) is 104 Å². The van der Waals surface area contributed by atoms with Gasteiger partial charge in [0.2, 0.25) is 0 Å². The van der Waals surface area contributed by atoms with E-state index in [2.05, 4.69) is 0 Å². The third kappa shape index (κ3) is 2.86. The Bertz CT molecular complexity index is 390. The summed E-state index contributed by atoms with van der Waals surface area (Å²) in [6, 6.07) is 0. The molecule has 2 aliphatic rings. The average Bonchev–Trinajstić information content (AvgIpc) is 2.90. The van der Waals surface area contributed by atoms with Gasteiger partial charge in [-0.1, -0.05) is 0 Å². The van der Waals surface area contributed by atoms with Gasteiger partial charge in [0.05, 0.1) is 11.8 Å². The number of amides is 1. The van der Waals surface area contributed by atoms with Crippen molar-refractivity contribution in [3.8, 4) is 0 Å². The Kier molecular flexibility index (Phi) is 4.04. The van der Waals surface area contributed by atoms with Crippen molar-refractivity contribution in [2.75, 3.05) is 19.7 Å². The minimum atomic E-state index is -1.17. The molecule has 2 heterocycles. The molecule has 7 heteroatoms. The van der Waals surface area contributed by atoms with Crippen LogP contribution in [0.2, 0.25) is 0 Å². The fourth-order valence-corrected chi connectivity index (χ4v) is 2.67. The molecule has 1 amide bonds. The molecule has 0 bridgehead atoms. The minimum absolute atomic E-state index is 0.0506. The van der Waals surface area contributed by atoms with Gasteiger partial charge in [-0.3, -0.25) is 14.4 Å². The maximum Gasteiger partial charge on any atom is 0.309 e. The summed E-state index contributed by atoms with van der Waals surface area (Å²) in [6.07, 6.45) is 1.15. The molecule has 0 aliphatic carbocycles. The van der Waals surface area contributed by atoms with Gasteiger partial charge in [0.15, 0.2) is 0 Å². The number of carboxylic acids is 2. The predicted octanol–water partition coefficient (Wildman–Crippen LogP) is -0.201. The molecular formula is C12H17NO6. The second-order valence-corrected chi connectivity index (χ2v) is 4.96. The Balaban J connectivity index is 2.03. The lowest BCUT2D eigenvalue weighted by Crippen LogP contribution is -2.51. The molecule has 19 heavy (non-hydrogen) atoms. The Morgan fingerprint density at radius 2 is 1.74 bits per heavy atom. The lowest BCUT2D eigenvalue weighted by atomic mass is 9.85. The van der Waals surface area contributed by atoms with Crippen LogP contribution in [0.4, 0.5) is 0 Å². The maximum absolute atomic E-state index is 12.1. The van der Waals surface area contributed by atoms with Crippen LogP contribution in [-0.4, -0.2) is 58.8 Å². The number of piperidine rings is 1. The van der Waals surface area contributed by atoms with E-state index in [-0.39, 0.29) is 25.4 Å². The second-order valence-electron chi connectivity index (χ2n) is 4.96. The van der Waals surface area contributed by atoms with Crippen LogP contribution in [0.25, 0.3) is 0 Å². The highest BCUT2D eigenvalue weighted by molar-refractivity contribution is 5.84. The van der Waals surface area contributed by atoms with E-state index in [0.29, 0.717) is 13.0 Å². The zero-order chi connectivity index (χ0) is 14.0. The molecule has 106 valence electrons. The first-order valence-corrected chi connectivity index (χ1v) is 6.36. The molecule has 2 aliphatic heterocycles. The first-order valence-electron chi connectivity index (χ1n) is 6.36. The van der Waals surface area contributed by atoms with Crippen LogP contribution in [0.1, 0.15) is 19.3 Å². The van der Waals surface area contributed by atoms with Crippen molar-refractivity contribution in [2.24, 2.45) is 11.8 Å². The molecule has 0 aromatic carbocycles. The first-order chi connectivity index (χ1) is 9.00. The Morgan fingerprint density at radius 3 is 2.26 bits per heavy atom.